The Morgan fingerprint density at radius 2 is 1.85 bits per heavy atom. The number of nitrogens with one attached hydrogen (secondary N) is 2. The molecule has 7 nitrogen and oxygen atoms in total. The summed E-state index contributed by atoms with van der Waals surface area (Å²) >= 11 is 0. The van der Waals surface area contributed by atoms with Crippen molar-refractivity contribution in [2.24, 2.45) is 0 Å². The molecule has 26 heavy (non-hydrogen) atoms. The van der Waals surface area contributed by atoms with Crippen molar-refractivity contribution in [1.82, 2.24) is 10.6 Å². The Balaban J connectivity index is 2.06. The molecule has 134 valence electrons. The maximum atomic E-state index is 12.2. The molecule has 0 aliphatic rings. The van der Waals surface area contributed by atoms with Crippen LogP contribution in [0.4, 0.5) is 0 Å². The van der Waals surface area contributed by atoms with E-state index in [-0.39, 0.29) is 18.7 Å². The van der Waals surface area contributed by atoms with E-state index in [2.05, 4.69) is 10.6 Å². The highest BCUT2D eigenvalue weighted by atomic mass is 16.4. The van der Waals surface area contributed by atoms with Gasteiger partial charge in [0.25, 0.3) is 5.91 Å². The first-order chi connectivity index (χ1) is 12.5. The van der Waals surface area contributed by atoms with Gasteiger partial charge >= 0.3 is 5.97 Å². The zero-order chi connectivity index (χ0) is 18.8. The molecule has 0 unspecified atom stereocenters. The van der Waals surface area contributed by atoms with E-state index >= 15 is 0 Å². The number of carbonyl (C=O) groups excluding carboxylic acids is 2. The van der Waals surface area contributed by atoms with Crippen LogP contribution in [0, 0.1) is 0 Å². The van der Waals surface area contributed by atoms with Crippen LogP contribution in [0.2, 0.25) is 0 Å². The van der Waals surface area contributed by atoms with Crippen molar-refractivity contribution in [2.75, 3.05) is 6.54 Å². The normalized spacial score (nSPS) is 11.3. The summed E-state index contributed by atoms with van der Waals surface area (Å²) in [4.78, 5) is 34.9. The summed E-state index contributed by atoms with van der Waals surface area (Å²) in [5, 5.41) is 13.6. The van der Waals surface area contributed by atoms with Gasteiger partial charge in [0.15, 0.2) is 0 Å². The van der Waals surface area contributed by atoms with E-state index in [1.165, 1.54) is 18.4 Å². The number of hydrogen-bond donors (Lipinski definition) is 3. The quantitative estimate of drug-likeness (QED) is 0.629. The Morgan fingerprint density at radius 1 is 1.08 bits per heavy atom. The number of carboxylic acid groups (broad SMARTS) is 1. The molecule has 1 aromatic heterocycles. The number of carbonyl (C=O) groups is 3. The molecule has 0 aliphatic carbocycles. The lowest BCUT2D eigenvalue weighted by molar-refractivity contribution is -0.137. The predicted molar refractivity (Wildman–Crippen MR) is 95.6 cm³/mol. The Kier molecular flexibility index (Phi) is 6.93. The fraction of sp³-hybridized carbons (Fsp3) is 0.105. The van der Waals surface area contributed by atoms with Crippen molar-refractivity contribution in [1.29, 1.82) is 0 Å². The van der Waals surface area contributed by atoms with E-state index < -0.39 is 17.8 Å². The van der Waals surface area contributed by atoms with Crippen molar-refractivity contribution >= 4 is 29.9 Å². The summed E-state index contributed by atoms with van der Waals surface area (Å²) in [6.07, 6.45) is 5.49. The van der Waals surface area contributed by atoms with Crippen LogP contribution < -0.4 is 10.6 Å². The van der Waals surface area contributed by atoms with Gasteiger partial charge in [0.05, 0.1) is 12.7 Å². The number of carboxylic acids is 1. The lowest BCUT2D eigenvalue weighted by Gasteiger charge is -2.08. The molecule has 0 fully saturated rings. The van der Waals surface area contributed by atoms with E-state index in [0.29, 0.717) is 5.76 Å². The highest BCUT2D eigenvalue weighted by Crippen LogP contribution is 2.07. The fourth-order valence-corrected chi connectivity index (χ4v) is 1.96. The minimum Gasteiger partial charge on any atom is -0.481 e. The number of rotatable bonds is 8. The summed E-state index contributed by atoms with van der Waals surface area (Å²) in [7, 11) is 0. The monoisotopic (exact) mass is 354 g/mol. The van der Waals surface area contributed by atoms with Gasteiger partial charge in [-0.3, -0.25) is 14.4 Å². The first-order valence-corrected chi connectivity index (χ1v) is 7.84. The maximum Gasteiger partial charge on any atom is 0.305 e. The van der Waals surface area contributed by atoms with Gasteiger partial charge in [-0.1, -0.05) is 30.3 Å². The maximum absolute atomic E-state index is 12.2. The van der Waals surface area contributed by atoms with Crippen molar-refractivity contribution in [3.05, 3.63) is 71.8 Å². The second-order valence-electron chi connectivity index (χ2n) is 5.21. The molecule has 1 heterocycles. The van der Waals surface area contributed by atoms with Gasteiger partial charge in [0.2, 0.25) is 5.91 Å². The fourth-order valence-electron chi connectivity index (χ4n) is 1.96. The first kappa shape index (κ1) is 18.7. The molecule has 2 amide bonds. The Labute approximate surface area is 150 Å². The molecule has 0 aliphatic heterocycles. The number of furan rings is 1. The van der Waals surface area contributed by atoms with Crippen molar-refractivity contribution < 1.29 is 23.9 Å². The van der Waals surface area contributed by atoms with E-state index in [1.807, 2.05) is 30.3 Å². The van der Waals surface area contributed by atoms with Gasteiger partial charge in [-0.2, -0.15) is 0 Å². The Morgan fingerprint density at radius 3 is 2.50 bits per heavy atom. The number of hydrogen-bond acceptors (Lipinski definition) is 4. The van der Waals surface area contributed by atoms with Crippen LogP contribution in [0.25, 0.3) is 12.2 Å². The summed E-state index contributed by atoms with van der Waals surface area (Å²) in [6.45, 7) is -0.0562. The Bertz CT molecular complexity index is 808. The molecule has 0 saturated carbocycles. The molecule has 1 aromatic carbocycles. The van der Waals surface area contributed by atoms with E-state index in [9.17, 15) is 14.4 Å². The summed E-state index contributed by atoms with van der Waals surface area (Å²) in [6, 6.07) is 12.5. The smallest absolute Gasteiger partial charge is 0.305 e. The number of amides is 2. The molecule has 0 spiro atoms. The predicted octanol–water partition coefficient (Wildman–Crippen LogP) is 2.04. The summed E-state index contributed by atoms with van der Waals surface area (Å²) in [5.41, 5.74) is 0.790. The molecule has 0 bridgehead atoms. The van der Waals surface area contributed by atoms with Crippen LogP contribution in [-0.4, -0.2) is 29.4 Å². The standard InChI is InChI=1S/C19H18N2O5/c22-17(9-8-14-5-2-1-3-6-14)21-16(13-15-7-4-12-26-15)19(25)20-11-10-18(23)24/h1-9,12-13H,10-11H2,(H,20,25)(H,21,22)(H,23,24)/b9-8+,16-13+. The third kappa shape index (κ3) is 6.48. The van der Waals surface area contributed by atoms with Crippen LogP contribution in [0.1, 0.15) is 17.7 Å². The van der Waals surface area contributed by atoms with Crippen LogP contribution in [0.15, 0.2) is 64.9 Å². The van der Waals surface area contributed by atoms with Crippen molar-refractivity contribution in [3.8, 4) is 0 Å². The molecule has 0 saturated heterocycles. The van der Waals surface area contributed by atoms with Crippen LogP contribution in [0.3, 0.4) is 0 Å². The third-order valence-electron chi connectivity index (χ3n) is 3.18. The van der Waals surface area contributed by atoms with E-state index in [4.69, 9.17) is 9.52 Å². The average Bonchev–Trinajstić information content (AvgIpc) is 3.13. The molecule has 7 heteroatoms. The minimum atomic E-state index is -1.03. The van der Waals surface area contributed by atoms with Gasteiger partial charge in [0, 0.05) is 18.7 Å². The molecule has 2 rings (SSSR count). The zero-order valence-electron chi connectivity index (χ0n) is 13.8. The average molecular weight is 354 g/mol. The van der Waals surface area contributed by atoms with Crippen LogP contribution in [-0.2, 0) is 14.4 Å². The summed E-state index contributed by atoms with van der Waals surface area (Å²) in [5.74, 6) is -1.76. The number of benzene rings is 1. The third-order valence-corrected chi connectivity index (χ3v) is 3.18. The molecular formula is C19H18N2O5. The van der Waals surface area contributed by atoms with Crippen LogP contribution >= 0.6 is 0 Å². The van der Waals surface area contributed by atoms with Gasteiger partial charge < -0.3 is 20.2 Å². The van der Waals surface area contributed by atoms with E-state index in [0.717, 1.165) is 5.56 Å². The summed E-state index contributed by atoms with van der Waals surface area (Å²) < 4.78 is 5.15. The van der Waals surface area contributed by atoms with Crippen molar-refractivity contribution in [3.63, 3.8) is 0 Å². The lowest BCUT2D eigenvalue weighted by Crippen LogP contribution is -2.35. The Hall–Kier alpha value is -3.61. The topological polar surface area (TPSA) is 109 Å². The lowest BCUT2D eigenvalue weighted by atomic mass is 10.2. The van der Waals surface area contributed by atoms with Crippen LogP contribution in [0.5, 0.6) is 0 Å². The zero-order valence-corrected chi connectivity index (χ0v) is 13.8. The number of aliphatic carboxylic acids is 1. The van der Waals surface area contributed by atoms with Gasteiger partial charge in [0.1, 0.15) is 11.5 Å². The molecule has 3 N–H and O–H groups in total. The molecular weight excluding hydrogens is 336 g/mol. The highest BCUT2D eigenvalue weighted by Gasteiger charge is 2.13. The SMILES string of the molecule is O=C(O)CCNC(=O)/C(=C\c1ccco1)NC(=O)/C=C/c1ccccc1. The van der Waals surface area contributed by atoms with Gasteiger partial charge in [-0.15, -0.1) is 0 Å². The highest BCUT2D eigenvalue weighted by molar-refractivity contribution is 6.04. The van der Waals surface area contributed by atoms with Gasteiger partial charge in [-0.05, 0) is 23.8 Å². The van der Waals surface area contributed by atoms with Gasteiger partial charge in [-0.25, -0.2) is 0 Å². The molecule has 2 aromatic rings. The second kappa shape index (κ2) is 9.63. The van der Waals surface area contributed by atoms with Crippen molar-refractivity contribution in [2.45, 2.75) is 6.42 Å². The first-order valence-electron chi connectivity index (χ1n) is 7.84. The molecule has 0 radical (unpaired) electrons. The second-order valence-corrected chi connectivity index (χ2v) is 5.21. The minimum absolute atomic E-state index is 0.0481. The van der Waals surface area contributed by atoms with E-state index in [1.54, 1.807) is 18.2 Å². The largest absolute Gasteiger partial charge is 0.481 e. The molecule has 0 atom stereocenters.